The molecule has 0 aliphatic heterocycles. The van der Waals surface area contributed by atoms with Crippen LogP contribution in [0.4, 0.5) is 4.39 Å². The normalized spacial score (nSPS) is 12.7. The Labute approximate surface area is 126 Å². The average Bonchev–Trinajstić information content (AvgIpc) is 2.69. The van der Waals surface area contributed by atoms with Gasteiger partial charge in [-0.25, -0.2) is 4.39 Å². The van der Waals surface area contributed by atoms with Gasteiger partial charge in [0.1, 0.15) is 5.82 Å². The van der Waals surface area contributed by atoms with E-state index < -0.39 is 0 Å². The molecule has 0 spiro atoms. The smallest absolute Gasteiger partial charge is 0.126 e. The highest BCUT2D eigenvalue weighted by Crippen LogP contribution is 2.35. The van der Waals surface area contributed by atoms with Crippen LogP contribution in [0.1, 0.15) is 33.8 Å². The Morgan fingerprint density at radius 3 is 2.58 bits per heavy atom. The van der Waals surface area contributed by atoms with Crippen molar-refractivity contribution >= 4 is 27.3 Å². The molecule has 102 valence electrons. The van der Waals surface area contributed by atoms with E-state index in [0.29, 0.717) is 5.56 Å². The van der Waals surface area contributed by atoms with Gasteiger partial charge in [-0.15, -0.1) is 11.3 Å². The second-order valence-corrected chi connectivity index (χ2v) is 6.71. The standard InChI is InChI=1S/C15H17BrFNS/c1-4-18-14(15-12(16)7-10(3)19-15)11-6-5-9(2)13(17)8-11/h5-8,14,18H,4H2,1-3H3. The lowest BCUT2D eigenvalue weighted by Crippen LogP contribution is -2.21. The maximum absolute atomic E-state index is 13.8. The van der Waals surface area contributed by atoms with Crippen molar-refractivity contribution in [2.75, 3.05) is 6.54 Å². The fraction of sp³-hybridized carbons (Fsp3) is 0.333. The van der Waals surface area contributed by atoms with Crippen LogP contribution in [0.2, 0.25) is 0 Å². The first-order valence-electron chi connectivity index (χ1n) is 6.28. The molecule has 0 aliphatic rings. The molecule has 0 amide bonds. The molecule has 0 saturated heterocycles. The summed E-state index contributed by atoms with van der Waals surface area (Å²) in [6, 6.07) is 7.60. The summed E-state index contributed by atoms with van der Waals surface area (Å²) in [5.41, 5.74) is 1.65. The number of halogens is 2. The van der Waals surface area contributed by atoms with Gasteiger partial charge in [0.25, 0.3) is 0 Å². The molecule has 2 rings (SSSR count). The Morgan fingerprint density at radius 1 is 1.32 bits per heavy atom. The van der Waals surface area contributed by atoms with Gasteiger partial charge in [-0.3, -0.25) is 0 Å². The Hall–Kier alpha value is -0.710. The predicted molar refractivity (Wildman–Crippen MR) is 83.4 cm³/mol. The van der Waals surface area contributed by atoms with Crippen molar-refractivity contribution in [3.05, 3.63) is 55.4 Å². The van der Waals surface area contributed by atoms with Crippen LogP contribution in [-0.4, -0.2) is 6.54 Å². The second kappa shape index (κ2) is 6.16. The lowest BCUT2D eigenvalue weighted by Gasteiger charge is -2.18. The van der Waals surface area contributed by atoms with Crippen molar-refractivity contribution in [1.82, 2.24) is 5.32 Å². The Balaban J connectivity index is 2.44. The minimum Gasteiger partial charge on any atom is -0.306 e. The van der Waals surface area contributed by atoms with Gasteiger partial charge in [0.05, 0.1) is 6.04 Å². The van der Waals surface area contributed by atoms with E-state index in [1.54, 1.807) is 24.3 Å². The van der Waals surface area contributed by atoms with Gasteiger partial charge < -0.3 is 5.32 Å². The van der Waals surface area contributed by atoms with E-state index in [-0.39, 0.29) is 11.9 Å². The molecule has 1 heterocycles. The maximum Gasteiger partial charge on any atom is 0.126 e. The van der Waals surface area contributed by atoms with Crippen molar-refractivity contribution in [1.29, 1.82) is 0 Å². The minimum atomic E-state index is -0.148. The van der Waals surface area contributed by atoms with Crippen molar-refractivity contribution in [3.63, 3.8) is 0 Å². The van der Waals surface area contributed by atoms with Gasteiger partial charge in [0.2, 0.25) is 0 Å². The van der Waals surface area contributed by atoms with Crippen LogP contribution in [0.5, 0.6) is 0 Å². The molecule has 4 heteroatoms. The molecule has 0 radical (unpaired) electrons. The highest BCUT2D eigenvalue weighted by Gasteiger charge is 2.19. The van der Waals surface area contributed by atoms with Crippen LogP contribution in [-0.2, 0) is 0 Å². The zero-order valence-corrected chi connectivity index (χ0v) is 13.7. The van der Waals surface area contributed by atoms with Crippen LogP contribution in [0.15, 0.2) is 28.7 Å². The average molecular weight is 342 g/mol. The first kappa shape index (κ1) is 14.7. The molecule has 0 fully saturated rings. The van der Waals surface area contributed by atoms with Gasteiger partial charge in [-0.2, -0.15) is 0 Å². The number of aryl methyl sites for hydroxylation is 2. The second-order valence-electron chi connectivity index (χ2n) is 4.57. The molecule has 1 aromatic carbocycles. The van der Waals surface area contributed by atoms with E-state index in [9.17, 15) is 4.39 Å². The first-order valence-corrected chi connectivity index (χ1v) is 7.89. The Morgan fingerprint density at radius 2 is 2.05 bits per heavy atom. The lowest BCUT2D eigenvalue weighted by atomic mass is 10.0. The number of rotatable bonds is 4. The van der Waals surface area contributed by atoms with E-state index in [1.165, 1.54) is 9.75 Å². The topological polar surface area (TPSA) is 12.0 Å². The quantitative estimate of drug-likeness (QED) is 0.828. The highest BCUT2D eigenvalue weighted by molar-refractivity contribution is 9.10. The zero-order chi connectivity index (χ0) is 14.0. The van der Waals surface area contributed by atoms with E-state index in [4.69, 9.17) is 0 Å². The van der Waals surface area contributed by atoms with Crippen molar-refractivity contribution in [2.24, 2.45) is 0 Å². The fourth-order valence-corrected chi connectivity index (χ4v) is 4.04. The van der Waals surface area contributed by atoms with Crippen LogP contribution in [0, 0.1) is 19.7 Å². The molecule has 0 aliphatic carbocycles. The summed E-state index contributed by atoms with van der Waals surface area (Å²) in [5, 5.41) is 3.43. The highest BCUT2D eigenvalue weighted by atomic mass is 79.9. The number of benzene rings is 1. The van der Waals surface area contributed by atoms with Gasteiger partial charge >= 0.3 is 0 Å². The molecule has 19 heavy (non-hydrogen) atoms. The van der Waals surface area contributed by atoms with Crippen LogP contribution >= 0.6 is 27.3 Å². The molecule has 1 nitrogen and oxygen atoms in total. The van der Waals surface area contributed by atoms with E-state index in [0.717, 1.165) is 16.6 Å². The number of nitrogens with one attached hydrogen (secondary N) is 1. The molecule has 1 N–H and O–H groups in total. The minimum absolute atomic E-state index is 0.0353. The third-order valence-corrected chi connectivity index (χ3v) is 5.07. The summed E-state index contributed by atoms with van der Waals surface area (Å²) in [6.45, 7) is 6.76. The van der Waals surface area contributed by atoms with E-state index >= 15 is 0 Å². The SMILES string of the molecule is CCNC(c1ccc(C)c(F)c1)c1sc(C)cc1Br. The molecule has 0 bridgehead atoms. The monoisotopic (exact) mass is 341 g/mol. The largest absolute Gasteiger partial charge is 0.306 e. The summed E-state index contributed by atoms with van der Waals surface area (Å²) in [5.74, 6) is -0.148. The molecule has 1 unspecified atom stereocenters. The van der Waals surface area contributed by atoms with E-state index in [1.807, 2.05) is 12.1 Å². The molecule has 1 aromatic heterocycles. The van der Waals surface area contributed by atoms with E-state index in [2.05, 4.69) is 41.2 Å². The molecule has 1 atom stereocenters. The van der Waals surface area contributed by atoms with Gasteiger partial charge in [0.15, 0.2) is 0 Å². The molecular weight excluding hydrogens is 325 g/mol. The van der Waals surface area contributed by atoms with Gasteiger partial charge in [-0.05, 0) is 59.6 Å². The first-order chi connectivity index (χ1) is 9.02. The molecule has 2 aromatic rings. The van der Waals surface area contributed by atoms with Crippen LogP contribution < -0.4 is 5.32 Å². The summed E-state index contributed by atoms with van der Waals surface area (Å²) in [7, 11) is 0. The third-order valence-electron chi connectivity index (χ3n) is 3.04. The van der Waals surface area contributed by atoms with Gasteiger partial charge in [0, 0.05) is 14.2 Å². The summed E-state index contributed by atoms with van der Waals surface area (Å²) < 4.78 is 14.9. The molecule has 0 saturated carbocycles. The lowest BCUT2D eigenvalue weighted by molar-refractivity contribution is 0.600. The maximum atomic E-state index is 13.8. The zero-order valence-electron chi connectivity index (χ0n) is 11.3. The van der Waals surface area contributed by atoms with Crippen molar-refractivity contribution in [3.8, 4) is 0 Å². The van der Waals surface area contributed by atoms with Crippen LogP contribution in [0.25, 0.3) is 0 Å². The number of hydrogen-bond donors (Lipinski definition) is 1. The van der Waals surface area contributed by atoms with Crippen LogP contribution in [0.3, 0.4) is 0 Å². The van der Waals surface area contributed by atoms with Crippen molar-refractivity contribution in [2.45, 2.75) is 26.8 Å². The predicted octanol–water partition coefficient (Wildman–Crippen LogP) is 4.97. The van der Waals surface area contributed by atoms with Crippen molar-refractivity contribution < 1.29 is 4.39 Å². The Bertz CT molecular complexity index is 580. The molecular formula is C15H17BrFNS. The summed E-state index contributed by atoms with van der Waals surface area (Å²) in [4.78, 5) is 2.44. The summed E-state index contributed by atoms with van der Waals surface area (Å²) >= 11 is 5.33. The number of hydrogen-bond acceptors (Lipinski definition) is 2. The third kappa shape index (κ3) is 3.25. The number of thiophene rings is 1. The summed E-state index contributed by atoms with van der Waals surface area (Å²) in [6.07, 6.45) is 0. The van der Waals surface area contributed by atoms with Gasteiger partial charge in [-0.1, -0.05) is 19.1 Å². The fourth-order valence-electron chi connectivity index (χ4n) is 2.05. The Kier molecular flexibility index (Phi) is 4.76.